The van der Waals surface area contributed by atoms with E-state index in [0.29, 0.717) is 5.56 Å². The van der Waals surface area contributed by atoms with Gasteiger partial charge in [-0.1, -0.05) is 12.1 Å². The van der Waals surface area contributed by atoms with Crippen molar-refractivity contribution < 1.29 is 23.6 Å². The first-order valence-electron chi connectivity index (χ1n) is 7.01. The number of nitrogens with zero attached hydrogens (tertiary/aromatic N) is 1. The summed E-state index contributed by atoms with van der Waals surface area (Å²) in [5, 5.41) is 11.7. The highest BCUT2D eigenvalue weighted by molar-refractivity contribution is 7.54. The molecule has 3 atom stereocenters. The molecule has 130 valence electrons. The van der Waals surface area contributed by atoms with Crippen LogP contribution in [0.1, 0.15) is 18.1 Å². The molecule has 1 fully saturated rings. The van der Waals surface area contributed by atoms with Gasteiger partial charge in [0.05, 0.1) is 6.10 Å². The van der Waals surface area contributed by atoms with E-state index in [0.717, 1.165) is 0 Å². The second kappa shape index (κ2) is 8.74. The van der Waals surface area contributed by atoms with Crippen molar-refractivity contribution in [2.75, 3.05) is 24.8 Å². The molecule has 1 heterocycles. The molecular formula is C13H18Cl2FN2O4P. The lowest BCUT2D eigenvalue weighted by Gasteiger charge is -2.39. The molecule has 1 saturated heterocycles. The predicted molar refractivity (Wildman–Crippen MR) is 86.1 cm³/mol. The minimum atomic E-state index is -3.53. The molecular weight excluding hydrogens is 369 g/mol. The standard InChI is InChI=1S/C13H18Cl2FN2O4P/c14-5-7-18(8-6-15)23(20)17-13(21-19)9-12(22-23)10-1-3-11(16)4-2-10/h1-4,12-13,19H,5-9H2,(H,17,20)/t12-,13+,23+/m0/s1. The number of hydrogen-bond acceptors (Lipinski definition) is 4. The number of hydrogen-bond donors (Lipinski definition) is 2. The van der Waals surface area contributed by atoms with Crippen LogP contribution >= 0.6 is 30.9 Å². The fourth-order valence-corrected chi connectivity index (χ4v) is 5.13. The topological polar surface area (TPSA) is 71.0 Å². The Kier molecular flexibility index (Phi) is 7.25. The van der Waals surface area contributed by atoms with Gasteiger partial charge in [0.25, 0.3) is 0 Å². The van der Waals surface area contributed by atoms with E-state index in [4.69, 9.17) is 33.0 Å². The summed E-state index contributed by atoms with van der Waals surface area (Å²) in [5.41, 5.74) is 0.631. The van der Waals surface area contributed by atoms with Crippen LogP contribution in [0.5, 0.6) is 0 Å². The molecule has 0 spiro atoms. The summed E-state index contributed by atoms with van der Waals surface area (Å²) >= 11 is 11.5. The molecule has 0 aliphatic carbocycles. The first-order valence-corrected chi connectivity index (χ1v) is 9.66. The molecule has 1 aromatic rings. The summed E-state index contributed by atoms with van der Waals surface area (Å²) in [6.45, 7) is 0.569. The van der Waals surface area contributed by atoms with Crippen LogP contribution in [0, 0.1) is 5.82 Å². The van der Waals surface area contributed by atoms with Gasteiger partial charge in [0, 0.05) is 31.3 Å². The Morgan fingerprint density at radius 1 is 1.35 bits per heavy atom. The number of benzene rings is 1. The quantitative estimate of drug-likeness (QED) is 0.323. The minimum absolute atomic E-state index is 0.210. The van der Waals surface area contributed by atoms with E-state index in [-0.39, 0.29) is 37.1 Å². The highest BCUT2D eigenvalue weighted by atomic mass is 35.5. The van der Waals surface area contributed by atoms with Gasteiger partial charge in [0.2, 0.25) is 0 Å². The lowest BCUT2D eigenvalue weighted by Crippen LogP contribution is -2.43. The van der Waals surface area contributed by atoms with Gasteiger partial charge in [-0.2, -0.15) is 0 Å². The molecule has 2 N–H and O–H groups in total. The Morgan fingerprint density at radius 2 is 1.96 bits per heavy atom. The summed E-state index contributed by atoms with van der Waals surface area (Å²) in [6, 6.07) is 5.65. The second-order valence-corrected chi connectivity index (χ2v) is 7.79. The Balaban J connectivity index is 2.25. The van der Waals surface area contributed by atoms with E-state index >= 15 is 0 Å². The minimum Gasteiger partial charge on any atom is -0.298 e. The fourth-order valence-electron chi connectivity index (χ4n) is 2.33. The van der Waals surface area contributed by atoms with Crippen LogP contribution in [-0.2, 0) is 14.0 Å². The summed E-state index contributed by atoms with van der Waals surface area (Å²) < 4.78 is 33.4. The van der Waals surface area contributed by atoms with Gasteiger partial charge in [-0.3, -0.25) is 14.3 Å². The van der Waals surface area contributed by atoms with Crippen LogP contribution in [0.15, 0.2) is 24.3 Å². The zero-order valence-corrected chi connectivity index (χ0v) is 14.6. The van der Waals surface area contributed by atoms with E-state index in [2.05, 4.69) is 9.97 Å². The molecule has 0 bridgehead atoms. The van der Waals surface area contributed by atoms with Gasteiger partial charge in [0.15, 0.2) is 6.23 Å². The Hall–Kier alpha value is -0.240. The van der Waals surface area contributed by atoms with Crippen molar-refractivity contribution in [3.63, 3.8) is 0 Å². The Labute approximate surface area is 144 Å². The first-order chi connectivity index (χ1) is 11.0. The van der Waals surface area contributed by atoms with Crippen molar-refractivity contribution in [1.29, 1.82) is 0 Å². The monoisotopic (exact) mass is 386 g/mol. The second-order valence-electron chi connectivity index (χ2n) is 4.96. The maximum Gasteiger partial charge on any atom is 0.346 e. The zero-order valence-electron chi connectivity index (χ0n) is 12.2. The molecule has 0 aromatic heterocycles. The molecule has 0 saturated carbocycles. The van der Waals surface area contributed by atoms with Gasteiger partial charge in [-0.25, -0.2) is 19.0 Å². The molecule has 0 radical (unpaired) electrons. The average Bonchev–Trinajstić information content (AvgIpc) is 2.54. The summed E-state index contributed by atoms with van der Waals surface area (Å²) in [6.07, 6.45) is -1.31. The van der Waals surface area contributed by atoms with E-state index in [1.54, 1.807) is 0 Å². The number of rotatable bonds is 7. The molecule has 1 aliphatic rings. The molecule has 0 amide bonds. The van der Waals surface area contributed by atoms with E-state index in [1.165, 1.54) is 28.9 Å². The molecule has 6 nitrogen and oxygen atoms in total. The highest BCUT2D eigenvalue weighted by Crippen LogP contribution is 2.55. The predicted octanol–water partition coefficient (Wildman–Crippen LogP) is 3.58. The Bertz CT molecular complexity index is 545. The zero-order chi connectivity index (χ0) is 16.9. The van der Waals surface area contributed by atoms with Gasteiger partial charge in [-0.05, 0) is 17.7 Å². The fraction of sp³-hybridized carbons (Fsp3) is 0.538. The van der Waals surface area contributed by atoms with Gasteiger partial charge in [-0.15, -0.1) is 23.2 Å². The first kappa shape index (κ1) is 19.1. The molecule has 10 heteroatoms. The molecule has 2 rings (SSSR count). The number of alkyl halides is 2. The van der Waals surface area contributed by atoms with Crippen molar-refractivity contribution in [2.45, 2.75) is 18.8 Å². The maximum absolute atomic E-state index is 13.1. The van der Waals surface area contributed by atoms with Crippen molar-refractivity contribution in [2.24, 2.45) is 0 Å². The van der Waals surface area contributed by atoms with Crippen LogP contribution in [0.25, 0.3) is 0 Å². The molecule has 1 aromatic carbocycles. The van der Waals surface area contributed by atoms with Crippen LogP contribution in [0.4, 0.5) is 4.39 Å². The lowest BCUT2D eigenvalue weighted by atomic mass is 10.1. The number of halogens is 3. The SMILES string of the molecule is O=[P@]1(N(CCCl)CCCl)N[C@H](OO)C[C@@H](c2ccc(F)cc2)O1. The molecule has 23 heavy (non-hydrogen) atoms. The van der Waals surface area contributed by atoms with Crippen molar-refractivity contribution >= 4 is 30.9 Å². The largest absolute Gasteiger partial charge is 0.346 e. The maximum atomic E-state index is 13.1. The van der Waals surface area contributed by atoms with E-state index < -0.39 is 20.0 Å². The normalized spacial score (nSPS) is 28.2. The van der Waals surface area contributed by atoms with Crippen LogP contribution in [-0.4, -0.2) is 41.0 Å². The van der Waals surface area contributed by atoms with Crippen molar-refractivity contribution in [3.8, 4) is 0 Å². The van der Waals surface area contributed by atoms with Crippen LogP contribution in [0.2, 0.25) is 0 Å². The Morgan fingerprint density at radius 3 is 2.48 bits per heavy atom. The lowest BCUT2D eigenvalue weighted by molar-refractivity contribution is -0.289. The third-order valence-corrected chi connectivity index (χ3v) is 6.07. The van der Waals surface area contributed by atoms with Crippen molar-refractivity contribution in [1.82, 2.24) is 9.76 Å². The van der Waals surface area contributed by atoms with Gasteiger partial charge < -0.3 is 0 Å². The number of nitrogens with one attached hydrogen (secondary N) is 1. The van der Waals surface area contributed by atoms with Crippen LogP contribution in [0.3, 0.4) is 0 Å². The van der Waals surface area contributed by atoms with E-state index in [9.17, 15) is 8.96 Å². The summed E-state index contributed by atoms with van der Waals surface area (Å²) in [4.78, 5) is 4.34. The van der Waals surface area contributed by atoms with Gasteiger partial charge >= 0.3 is 7.67 Å². The molecule has 1 aliphatic heterocycles. The van der Waals surface area contributed by atoms with Crippen molar-refractivity contribution in [3.05, 3.63) is 35.6 Å². The van der Waals surface area contributed by atoms with Gasteiger partial charge in [0.1, 0.15) is 5.82 Å². The highest BCUT2D eigenvalue weighted by Gasteiger charge is 2.42. The third-order valence-electron chi connectivity index (χ3n) is 3.43. The van der Waals surface area contributed by atoms with Crippen LogP contribution < -0.4 is 5.09 Å². The molecule has 0 unspecified atom stereocenters. The van der Waals surface area contributed by atoms with E-state index in [1.807, 2.05) is 0 Å². The summed E-state index contributed by atoms with van der Waals surface area (Å²) in [7, 11) is -3.53. The average molecular weight is 387 g/mol. The smallest absolute Gasteiger partial charge is 0.298 e. The summed E-state index contributed by atoms with van der Waals surface area (Å²) in [5.74, 6) is 0.0852. The third kappa shape index (κ3) is 4.87.